The largest absolute Gasteiger partial charge is 0.478 e. The van der Waals surface area contributed by atoms with E-state index in [-0.39, 0.29) is 11.6 Å². The molecule has 1 aliphatic heterocycles. The maximum atomic E-state index is 11.6. The molecule has 5 nitrogen and oxygen atoms in total. The summed E-state index contributed by atoms with van der Waals surface area (Å²) in [5.74, 6) is -0.999. The van der Waals surface area contributed by atoms with Crippen molar-refractivity contribution in [3.8, 4) is 0 Å². The van der Waals surface area contributed by atoms with Gasteiger partial charge in [0.2, 0.25) is 10.0 Å². The van der Waals surface area contributed by atoms with Gasteiger partial charge in [0, 0.05) is 12.6 Å². The Bertz CT molecular complexity index is 567. The highest BCUT2D eigenvalue weighted by Gasteiger charge is 2.32. The van der Waals surface area contributed by atoms with Crippen LogP contribution in [0.2, 0.25) is 0 Å². The summed E-state index contributed by atoms with van der Waals surface area (Å²) in [7, 11) is -3.25. The summed E-state index contributed by atoms with van der Waals surface area (Å²) in [4.78, 5) is 10.9. The number of hydrogen-bond acceptors (Lipinski definition) is 3. The lowest BCUT2D eigenvalue weighted by atomic mass is 10.0. The van der Waals surface area contributed by atoms with Gasteiger partial charge in [0.05, 0.1) is 11.8 Å². The third-order valence-electron chi connectivity index (χ3n) is 3.15. The molecule has 1 atom stereocenters. The Morgan fingerprint density at radius 2 is 2.17 bits per heavy atom. The molecular formula is C12H15NO4S. The van der Waals surface area contributed by atoms with Gasteiger partial charge < -0.3 is 5.11 Å². The molecule has 0 aromatic heterocycles. The van der Waals surface area contributed by atoms with Gasteiger partial charge in [-0.3, -0.25) is 0 Å². The van der Waals surface area contributed by atoms with Crippen LogP contribution in [-0.4, -0.2) is 36.6 Å². The standard InChI is InChI=1S/C12H15NO4S/c1-18(16,17)13-7-3-6-11(13)9-4-2-5-10(8-9)12(14)15/h2,4-5,8,11H,3,6-7H2,1H3,(H,14,15). The lowest BCUT2D eigenvalue weighted by molar-refractivity contribution is 0.0696. The van der Waals surface area contributed by atoms with Crippen molar-refractivity contribution in [2.75, 3.05) is 12.8 Å². The number of aromatic carboxylic acids is 1. The Morgan fingerprint density at radius 3 is 2.78 bits per heavy atom. The highest BCUT2D eigenvalue weighted by molar-refractivity contribution is 7.88. The fourth-order valence-electron chi connectivity index (χ4n) is 2.35. The van der Waals surface area contributed by atoms with Crippen LogP contribution in [0.4, 0.5) is 0 Å². The van der Waals surface area contributed by atoms with Gasteiger partial charge in [-0.2, -0.15) is 4.31 Å². The zero-order valence-corrected chi connectivity index (χ0v) is 10.9. The molecule has 0 radical (unpaired) electrons. The van der Waals surface area contributed by atoms with Gasteiger partial charge in [0.25, 0.3) is 0 Å². The summed E-state index contributed by atoms with van der Waals surface area (Å²) in [6.45, 7) is 0.501. The third kappa shape index (κ3) is 2.54. The Kier molecular flexibility index (Phi) is 3.41. The molecular weight excluding hydrogens is 254 g/mol. The molecule has 18 heavy (non-hydrogen) atoms. The molecule has 0 spiro atoms. The first-order valence-electron chi connectivity index (χ1n) is 5.69. The minimum Gasteiger partial charge on any atom is -0.478 e. The molecule has 0 saturated carbocycles. The lowest BCUT2D eigenvalue weighted by Crippen LogP contribution is -2.29. The smallest absolute Gasteiger partial charge is 0.335 e. The maximum absolute atomic E-state index is 11.6. The van der Waals surface area contributed by atoms with Crippen LogP contribution in [0.15, 0.2) is 24.3 Å². The molecule has 0 amide bonds. The summed E-state index contributed by atoms with van der Waals surface area (Å²) in [5.41, 5.74) is 0.936. The number of carbonyl (C=O) groups is 1. The van der Waals surface area contributed by atoms with Crippen LogP contribution in [-0.2, 0) is 10.0 Å². The predicted molar refractivity (Wildman–Crippen MR) is 66.9 cm³/mol. The van der Waals surface area contributed by atoms with Crippen molar-refractivity contribution >= 4 is 16.0 Å². The molecule has 1 saturated heterocycles. The van der Waals surface area contributed by atoms with Crippen molar-refractivity contribution in [3.63, 3.8) is 0 Å². The van der Waals surface area contributed by atoms with Gasteiger partial charge in [-0.25, -0.2) is 13.2 Å². The average molecular weight is 269 g/mol. The number of sulfonamides is 1. The van der Waals surface area contributed by atoms with Crippen LogP contribution < -0.4 is 0 Å². The molecule has 1 aromatic carbocycles. The second-order valence-corrected chi connectivity index (χ2v) is 6.40. The highest BCUT2D eigenvalue weighted by atomic mass is 32.2. The third-order valence-corrected chi connectivity index (χ3v) is 4.44. The number of nitrogens with zero attached hydrogens (tertiary/aromatic N) is 1. The van der Waals surface area contributed by atoms with Crippen molar-refractivity contribution in [2.24, 2.45) is 0 Å². The van der Waals surface area contributed by atoms with Crippen molar-refractivity contribution in [2.45, 2.75) is 18.9 Å². The van der Waals surface area contributed by atoms with E-state index in [9.17, 15) is 13.2 Å². The van der Waals surface area contributed by atoms with Crippen molar-refractivity contribution in [1.29, 1.82) is 0 Å². The van der Waals surface area contributed by atoms with Gasteiger partial charge in [0.15, 0.2) is 0 Å². The summed E-state index contributed by atoms with van der Waals surface area (Å²) in [5, 5.41) is 8.95. The molecule has 0 bridgehead atoms. The minimum atomic E-state index is -3.25. The van der Waals surface area contributed by atoms with E-state index in [1.165, 1.54) is 16.6 Å². The quantitative estimate of drug-likeness (QED) is 0.902. The van der Waals surface area contributed by atoms with Crippen LogP contribution >= 0.6 is 0 Å². The minimum absolute atomic E-state index is 0.188. The molecule has 1 heterocycles. The summed E-state index contributed by atoms with van der Waals surface area (Å²) < 4.78 is 24.7. The fourth-order valence-corrected chi connectivity index (χ4v) is 3.50. The zero-order valence-electron chi connectivity index (χ0n) is 10.0. The summed E-state index contributed by atoms with van der Waals surface area (Å²) >= 11 is 0. The molecule has 1 fully saturated rings. The maximum Gasteiger partial charge on any atom is 0.335 e. The normalized spacial score (nSPS) is 21.1. The first-order valence-corrected chi connectivity index (χ1v) is 7.54. The van der Waals surface area contributed by atoms with E-state index >= 15 is 0 Å². The van der Waals surface area contributed by atoms with E-state index in [1.807, 2.05) is 0 Å². The van der Waals surface area contributed by atoms with Crippen molar-refractivity contribution in [1.82, 2.24) is 4.31 Å². The van der Waals surface area contributed by atoms with Gasteiger partial charge in [-0.1, -0.05) is 12.1 Å². The number of carboxylic acids is 1. The molecule has 6 heteroatoms. The Labute approximate surface area is 106 Å². The van der Waals surface area contributed by atoms with E-state index in [0.717, 1.165) is 18.4 Å². The van der Waals surface area contributed by atoms with E-state index < -0.39 is 16.0 Å². The monoisotopic (exact) mass is 269 g/mol. The second-order valence-electron chi connectivity index (χ2n) is 4.46. The molecule has 2 rings (SSSR count). The second kappa shape index (κ2) is 4.70. The molecule has 1 unspecified atom stereocenters. The molecule has 0 aliphatic carbocycles. The van der Waals surface area contributed by atoms with Crippen LogP contribution in [0.3, 0.4) is 0 Å². The Morgan fingerprint density at radius 1 is 1.44 bits per heavy atom. The average Bonchev–Trinajstić information content (AvgIpc) is 2.77. The van der Waals surface area contributed by atoms with Crippen LogP contribution in [0.1, 0.15) is 34.8 Å². The first-order chi connectivity index (χ1) is 8.39. The van der Waals surface area contributed by atoms with Crippen LogP contribution in [0.25, 0.3) is 0 Å². The van der Waals surface area contributed by atoms with E-state index in [0.29, 0.717) is 6.54 Å². The van der Waals surface area contributed by atoms with E-state index in [1.54, 1.807) is 18.2 Å². The summed E-state index contributed by atoms with van der Waals surface area (Å²) in [6.07, 6.45) is 2.72. The fraction of sp³-hybridized carbons (Fsp3) is 0.417. The van der Waals surface area contributed by atoms with Gasteiger partial charge >= 0.3 is 5.97 Å². The van der Waals surface area contributed by atoms with Gasteiger partial charge in [-0.15, -0.1) is 0 Å². The summed E-state index contributed by atoms with van der Waals surface area (Å²) in [6, 6.07) is 6.25. The molecule has 1 aromatic rings. The van der Waals surface area contributed by atoms with Gasteiger partial charge in [-0.05, 0) is 30.5 Å². The zero-order chi connectivity index (χ0) is 13.3. The lowest BCUT2D eigenvalue weighted by Gasteiger charge is -2.22. The van der Waals surface area contributed by atoms with Crippen molar-refractivity contribution < 1.29 is 18.3 Å². The first kappa shape index (κ1) is 13.0. The number of hydrogen-bond donors (Lipinski definition) is 1. The highest BCUT2D eigenvalue weighted by Crippen LogP contribution is 2.33. The SMILES string of the molecule is CS(=O)(=O)N1CCCC1c1cccc(C(=O)O)c1. The molecule has 1 aliphatic rings. The van der Waals surface area contributed by atoms with Gasteiger partial charge in [0.1, 0.15) is 0 Å². The van der Waals surface area contributed by atoms with E-state index in [2.05, 4.69) is 0 Å². The molecule has 98 valence electrons. The molecule has 1 N–H and O–H groups in total. The topological polar surface area (TPSA) is 74.7 Å². The Hall–Kier alpha value is -1.40. The van der Waals surface area contributed by atoms with Crippen LogP contribution in [0.5, 0.6) is 0 Å². The van der Waals surface area contributed by atoms with Crippen LogP contribution in [0, 0.1) is 0 Å². The number of rotatable bonds is 3. The Balaban J connectivity index is 2.36. The number of carboxylic acid groups (broad SMARTS) is 1. The van der Waals surface area contributed by atoms with E-state index in [4.69, 9.17) is 5.11 Å². The number of benzene rings is 1. The van der Waals surface area contributed by atoms with Crippen molar-refractivity contribution in [3.05, 3.63) is 35.4 Å². The predicted octanol–water partition coefficient (Wildman–Crippen LogP) is 1.48.